The smallest absolute Gasteiger partial charge is 0.319 e. The number of hydrogen-bond acceptors (Lipinski definition) is 1. The molecule has 0 radical (unpaired) electrons. The Kier molecular flexibility index (Phi) is 3.37. The van der Waals surface area contributed by atoms with Crippen molar-refractivity contribution in [3.05, 3.63) is 42.1 Å². The fourth-order valence-electron chi connectivity index (χ4n) is 1.76. The zero-order valence-electron chi connectivity index (χ0n) is 10.6. The molecule has 0 spiro atoms. The van der Waals surface area contributed by atoms with Gasteiger partial charge in [0, 0.05) is 28.8 Å². The maximum absolute atomic E-state index is 11.6. The molecule has 1 aromatic heterocycles. The van der Waals surface area contributed by atoms with E-state index in [2.05, 4.69) is 22.2 Å². The van der Waals surface area contributed by atoms with Gasteiger partial charge in [0.15, 0.2) is 0 Å². The van der Waals surface area contributed by atoms with E-state index < -0.39 is 0 Å². The summed E-state index contributed by atoms with van der Waals surface area (Å²) >= 11 is 0. The molecule has 1 heterocycles. The summed E-state index contributed by atoms with van der Waals surface area (Å²) in [6.45, 7) is 8.09. The van der Waals surface area contributed by atoms with E-state index in [4.69, 9.17) is 0 Å². The number of amides is 2. The van der Waals surface area contributed by atoms with Crippen LogP contribution in [0.3, 0.4) is 0 Å². The molecule has 2 rings (SSSR count). The summed E-state index contributed by atoms with van der Waals surface area (Å²) in [4.78, 5) is 14.8. The number of rotatable bonds is 3. The van der Waals surface area contributed by atoms with Crippen LogP contribution in [0.5, 0.6) is 0 Å². The topological polar surface area (TPSA) is 56.9 Å². The Morgan fingerprint density at radius 3 is 2.89 bits per heavy atom. The van der Waals surface area contributed by atoms with E-state index in [1.165, 1.54) is 0 Å². The second-order valence-electron chi connectivity index (χ2n) is 4.52. The van der Waals surface area contributed by atoms with Gasteiger partial charge in [0.2, 0.25) is 0 Å². The third-order valence-corrected chi connectivity index (χ3v) is 2.56. The minimum Gasteiger partial charge on any atom is -0.359 e. The molecule has 4 heteroatoms. The third kappa shape index (κ3) is 2.91. The lowest BCUT2D eigenvalue weighted by Gasteiger charge is -2.07. The van der Waals surface area contributed by atoms with Crippen LogP contribution in [0.1, 0.15) is 12.6 Å². The maximum atomic E-state index is 11.6. The second-order valence-corrected chi connectivity index (χ2v) is 4.52. The average molecular weight is 243 g/mol. The highest BCUT2D eigenvalue weighted by atomic mass is 16.2. The van der Waals surface area contributed by atoms with Gasteiger partial charge in [-0.15, -0.1) is 0 Å². The summed E-state index contributed by atoms with van der Waals surface area (Å²) in [5, 5.41) is 6.61. The monoisotopic (exact) mass is 243 g/mol. The first-order valence-corrected chi connectivity index (χ1v) is 5.83. The summed E-state index contributed by atoms with van der Waals surface area (Å²) in [5.74, 6) is 0. The molecule has 0 saturated heterocycles. The molecule has 18 heavy (non-hydrogen) atoms. The van der Waals surface area contributed by atoms with Gasteiger partial charge >= 0.3 is 6.03 Å². The first-order valence-electron chi connectivity index (χ1n) is 5.83. The zero-order valence-corrected chi connectivity index (χ0v) is 10.6. The number of aromatic nitrogens is 1. The number of nitrogens with one attached hydrogen (secondary N) is 3. The lowest BCUT2D eigenvalue weighted by Crippen LogP contribution is -2.29. The molecule has 0 aliphatic heterocycles. The van der Waals surface area contributed by atoms with Crippen molar-refractivity contribution < 1.29 is 4.79 Å². The van der Waals surface area contributed by atoms with Gasteiger partial charge in [-0.1, -0.05) is 12.2 Å². The molecule has 1 aromatic carbocycles. The minimum atomic E-state index is -0.218. The molecule has 0 fully saturated rings. The van der Waals surface area contributed by atoms with Crippen LogP contribution in [-0.2, 0) is 0 Å². The molecule has 94 valence electrons. The third-order valence-electron chi connectivity index (χ3n) is 2.56. The second kappa shape index (κ2) is 4.96. The number of urea groups is 1. The standard InChI is InChI=1S/C14H17N3O/c1-9(2)8-15-14(18)17-12-4-5-13-11(7-12)6-10(3)16-13/h4-7,16H,1,8H2,2-3H3,(H2,15,17,18). The number of carbonyl (C=O) groups excluding carboxylic acids is 1. The molecule has 0 unspecified atom stereocenters. The lowest BCUT2D eigenvalue weighted by molar-refractivity contribution is 0.253. The Morgan fingerprint density at radius 1 is 1.39 bits per heavy atom. The van der Waals surface area contributed by atoms with Crippen LogP contribution in [0.25, 0.3) is 10.9 Å². The van der Waals surface area contributed by atoms with Gasteiger partial charge in [-0.2, -0.15) is 0 Å². The van der Waals surface area contributed by atoms with Gasteiger partial charge in [-0.25, -0.2) is 4.79 Å². The van der Waals surface area contributed by atoms with Gasteiger partial charge in [-0.05, 0) is 38.1 Å². The molecule has 0 aliphatic rings. The number of anilines is 1. The molecule has 0 saturated carbocycles. The molecular weight excluding hydrogens is 226 g/mol. The van der Waals surface area contributed by atoms with Crippen LogP contribution in [0.4, 0.5) is 10.5 Å². The number of benzene rings is 1. The van der Waals surface area contributed by atoms with Gasteiger partial charge in [0.25, 0.3) is 0 Å². The fourth-order valence-corrected chi connectivity index (χ4v) is 1.76. The van der Waals surface area contributed by atoms with Crippen molar-refractivity contribution in [2.45, 2.75) is 13.8 Å². The van der Waals surface area contributed by atoms with Crippen molar-refractivity contribution >= 4 is 22.6 Å². The SMILES string of the molecule is C=C(C)CNC(=O)Nc1ccc2[nH]c(C)cc2c1. The fraction of sp³-hybridized carbons (Fsp3) is 0.214. The van der Waals surface area contributed by atoms with Crippen LogP contribution in [-0.4, -0.2) is 17.6 Å². The Hall–Kier alpha value is -2.23. The van der Waals surface area contributed by atoms with Crippen molar-refractivity contribution in [2.75, 3.05) is 11.9 Å². The molecule has 2 aromatic rings. The summed E-state index contributed by atoms with van der Waals surface area (Å²) < 4.78 is 0. The number of H-pyrrole nitrogens is 1. The number of carbonyl (C=O) groups is 1. The van der Waals surface area contributed by atoms with Crippen molar-refractivity contribution in [1.82, 2.24) is 10.3 Å². The van der Waals surface area contributed by atoms with Crippen LogP contribution in [0.2, 0.25) is 0 Å². The van der Waals surface area contributed by atoms with Gasteiger partial charge in [0.1, 0.15) is 0 Å². The highest BCUT2D eigenvalue weighted by Gasteiger charge is 2.03. The first kappa shape index (κ1) is 12.2. The summed E-state index contributed by atoms with van der Waals surface area (Å²) in [7, 11) is 0. The van der Waals surface area contributed by atoms with E-state index in [1.807, 2.05) is 38.1 Å². The van der Waals surface area contributed by atoms with E-state index in [0.717, 1.165) is 27.9 Å². The first-order chi connectivity index (χ1) is 8.54. The number of hydrogen-bond donors (Lipinski definition) is 3. The molecule has 0 aliphatic carbocycles. The summed E-state index contributed by atoms with van der Waals surface area (Å²) in [6, 6.07) is 7.60. The van der Waals surface area contributed by atoms with Crippen LogP contribution in [0, 0.1) is 6.92 Å². The largest absolute Gasteiger partial charge is 0.359 e. The van der Waals surface area contributed by atoms with E-state index in [9.17, 15) is 4.79 Å². The molecule has 0 atom stereocenters. The number of fused-ring (bicyclic) bond motifs is 1. The van der Waals surface area contributed by atoms with E-state index in [1.54, 1.807) is 0 Å². The normalized spacial score (nSPS) is 10.3. The van der Waals surface area contributed by atoms with Crippen molar-refractivity contribution in [1.29, 1.82) is 0 Å². The van der Waals surface area contributed by atoms with Crippen molar-refractivity contribution in [3.63, 3.8) is 0 Å². The highest BCUT2D eigenvalue weighted by molar-refractivity contribution is 5.93. The maximum Gasteiger partial charge on any atom is 0.319 e. The molecule has 0 bridgehead atoms. The lowest BCUT2D eigenvalue weighted by atomic mass is 10.2. The molecular formula is C14H17N3O. The minimum absolute atomic E-state index is 0.218. The van der Waals surface area contributed by atoms with Crippen LogP contribution in [0.15, 0.2) is 36.4 Å². The zero-order chi connectivity index (χ0) is 13.1. The summed E-state index contributed by atoms with van der Waals surface area (Å²) in [6.07, 6.45) is 0. The molecule has 4 nitrogen and oxygen atoms in total. The van der Waals surface area contributed by atoms with Gasteiger partial charge in [-0.3, -0.25) is 0 Å². The quantitative estimate of drug-likeness (QED) is 0.712. The molecule has 2 amide bonds. The number of aryl methyl sites for hydroxylation is 1. The Morgan fingerprint density at radius 2 is 2.17 bits per heavy atom. The molecule has 3 N–H and O–H groups in total. The average Bonchev–Trinajstić information content (AvgIpc) is 2.66. The van der Waals surface area contributed by atoms with Crippen LogP contribution >= 0.6 is 0 Å². The number of aromatic amines is 1. The highest BCUT2D eigenvalue weighted by Crippen LogP contribution is 2.19. The predicted molar refractivity (Wildman–Crippen MR) is 74.9 cm³/mol. The van der Waals surface area contributed by atoms with E-state index >= 15 is 0 Å². The Balaban J connectivity index is 2.07. The Bertz CT molecular complexity index is 598. The predicted octanol–water partition coefficient (Wildman–Crippen LogP) is 3.17. The van der Waals surface area contributed by atoms with Crippen molar-refractivity contribution in [2.24, 2.45) is 0 Å². The van der Waals surface area contributed by atoms with E-state index in [-0.39, 0.29) is 6.03 Å². The van der Waals surface area contributed by atoms with Crippen molar-refractivity contribution in [3.8, 4) is 0 Å². The Labute approximate surface area is 106 Å². The van der Waals surface area contributed by atoms with Crippen LogP contribution < -0.4 is 10.6 Å². The van der Waals surface area contributed by atoms with Gasteiger partial charge < -0.3 is 15.6 Å². The van der Waals surface area contributed by atoms with E-state index in [0.29, 0.717) is 6.54 Å². The van der Waals surface area contributed by atoms with Gasteiger partial charge in [0.05, 0.1) is 0 Å². The summed E-state index contributed by atoms with van der Waals surface area (Å²) in [5.41, 5.74) is 3.87.